The van der Waals surface area contributed by atoms with Gasteiger partial charge in [-0.2, -0.15) is 0 Å². The second-order valence-corrected chi connectivity index (χ2v) is 26.3. The van der Waals surface area contributed by atoms with Crippen molar-refractivity contribution >= 4 is 76.6 Å². The zero-order chi connectivity index (χ0) is 70.8. The minimum atomic E-state index is -1.19. The van der Waals surface area contributed by atoms with Gasteiger partial charge in [-0.1, -0.05) is 111 Å². The largest absolute Gasteiger partial charge is 0.480 e. The van der Waals surface area contributed by atoms with Crippen LogP contribution in [0.15, 0.2) is 66.7 Å². The number of methoxy groups -OCH3 is 2. The Kier molecular flexibility index (Phi) is 32.8. The Morgan fingerprint density at radius 1 is 0.726 bits per heavy atom. The van der Waals surface area contributed by atoms with Crippen molar-refractivity contribution in [2.75, 3.05) is 53.3 Å². The van der Waals surface area contributed by atoms with Crippen LogP contribution < -0.4 is 27.0 Å². The van der Waals surface area contributed by atoms with Crippen LogP contribution in [-0.2, 0) is 75.2 Å². The summed E-state index contributed by atoms with van der Waals surface area (Å²) in [5.41, 5.74) is 6.93. The van der Waals surface area contributed by atoms with Crippen molar-refractivity contribution in [1.29, 1.82) is 0 Å². The zero-order valence-electron chi connectivity index (χ0n) is 57.9. The normalized spacial score (nSPS) is 17.2. The minimum absolute atomic E-state index is 0.0770. The van der Waals surface area contributed by atoms with Gasteiger partial charge in [0, 0.05) is 110 Å². The highest BCUT2D eigenvalue weighted by Crippen LogP contribution is 2.32. The molecule has 25 nitrogen and oxygen atoms in total. The topological polar surface area (TPSA) is 340 Å². The number of aliphatic carboxylic acids is 1. The van der Waals surface area contributed by atoms with E-state index in [1.54, 1.807) is 95.1 Å². The molecule has 0 aliphatic carbocycles. The maximum absolute atomic E-state index is 14.9. The average molecular weight is 1330 g/mol. The summed E-state index contributed by atoms with van der Waals surface area (Å²) in [6.07, 6.45) is 3.49. The minimum Gasteiger partial charge on any atom is -0.480 e. The molecule has 0 spiro atoms. The van der Waals surface area contributed by atoms with E-state index in [2.05, 4.69) is 21.3 Å². The number of urea groups is 1. The van der Waals surface area contributed by atoms with Gasteiger partial charge in [0.1, 0.15) is 18.9 Å². The van der Waals surface area contributed by atoms with Crippen molar-refractivity contribution in [3.05, 3.63) is 77.9 Å². The van der Waals surface area contributed by atoms with Gasteiger partial charge in [0.2, 0.25) is 23.6 Å². The highest BCUT2D eigenvalue weighted by Gasteiger charge is 2.44. The number of ether oxygens (including phenoxy) is 3. The number of carboxylic acids is 1. The lowest BCUT2D eigenvalue weighted by molar-refractivity contribution is -0.150. The fraction of sp³-hybridized carbons (Fsp3) is 0.629. The fourth-order valence-corrected chi connectivity index (χ4v) is 12.6. The number of hydrogen-bond donors (Lipinski definition) is 6. The van der Waals surface area contributed by atoms with E-state index in [0.717, 1.165) is 10.5 Å². The number of rotatable bonds is 42. The summed E-state index contributed by atoms with van der Waals surface area (Å²) in [5, 5.41) is 20.9. The molecule has 2 heterocycles. The summed E-state index contributed by atoms with van der Waals surface area (Å²) in [5.74, 6) is -8.26. The Balaban J connectivity index is 1.38. The third-order valence-corrected chi connectivity index (χ3v) is 18.2. The maximum Gasteiger partial charge on any atom is 0.410 e. The number of likely N-dealkylation sites (tertiary alicyclic amines) is 1. The van der Waals surface area contributed by atoms with Gasteiger partial charge in [-0.3, -0.25) is 53.0 Å². The Bertz CT molecular complexity index is 2940. The van der Waals surface area contributed by atoms with Crippen LogP contribution in [0.3, 0.4) is 0 Å². The van der Waals surface area contributed by atoms with E-state index in [1.165, 1.54) is 38.3 Å². The van der Waals surface area contributed by atoms with Gasteiger partial charge in [0.15, 0.2) is 17.3 Å². The number of nitrogens with two attached hydrogens (primary N) is 1. The molecule has 2 aliphatic heterocycles. The lowest BCUT2D eigenvalue weighted by atomic mass is 9.83. The monoisotopic (exact) mass is 1330 g/mol. The Labute approximate surface area is 560 Å². The molecule has 0 radical (unpaired) electrons. The van der Waals surface area contributed by atoms with E-state index in [9.17, 15) is 62.6 Å². The number of imide groups is 1. The third kappa shape index (κ3) is 24.1. The predicted molar refractivity (Wildman–Crippen MR) is 356 cm³/mol. The number of unbranched alkanes of at least 4 members (excludes halogenated alkanes) is 2. The van der Waals surface area contributed by atoms with Gasteiger partial charge in [-0.15, -0.1) is 0 Å². The van der Waals surface area contributed by atoms with Gasteiger partial charge in [-0.25, -0.2) is 14.4 Å². The molecule has 11 atom stereocenters. The molecule has 95 heavy (non-hydrogen) atoms. The molecule has 0 saturated carbocycles. The van der Waals surface area contributed by atoms with Crippen LogP contribution >= 0.6 is 0 Å². The Morgan fingerprint density at radius 3 is 1.95 bits per heavy atom. The van der Waals surface area contributed by atoms with E-state index in [4.69, 9.17) is 19.9 Å². The van der Waals surface area contributed by atoms with Crippen molar-refractivity contribution in [1.82, 2.24) is 35.6 Å². The molecule has 2 aliphatic rings. The number of hydrogen-bond acceptors (Lipinski definition) is 16. The Morgan fingerprint density at radius 2 is 1.38 bits per heavy atom. The smallest absolute Gasteiger partial charge is 0.410 e. The Hall–Kier alpha value is -7.90. The first-order valence-corrected chi connectivity index (χ1v) is 33.3. The van der Waals surface area contributed by atoms with Crippen molar-refractivity contribution < 1.29 is 76.9 Å². The molecule has 1 saturated heterocycles. The van der Waals surface area contributed by atoms with Crippen LogP contribution in [0, 0.1) is 41.4 Å². The van der Waals surface area contributed by atoms with Gasteiger partial charge in [0.25, 0.3) is 11.8 Å². The number of primary amides is 1. The molecule has 2 aromatic carbocycles. The predicted octanol–water partition coefficient (Wildman–Crippen LogP) is 6.83. The van der Waals surface area contributed by atoms with Crippen LogP contribution in [0.1, 0.15) is 150 Å². The summed E-state index contributed by atoms with van der Waals surface area (Å²) in [7, 11) is 6.07. The van der Waals surface area contributed by atoms with Crippen LogP contribution in [0.2, 0.25) is 0 Å². The molecule has 0 aromatic heterocycles. The molecule has 7 N–H and O–H groups in total. The van der Waals surface area contributed by atoms with E-state index in [0.29, 0.717) is 62.7 Å². The lowest BCUT2D eigenvalue weighted by Crippen LogP contribution is -2.55. The summed E-state index contributed by atoms with van der Waals surface area (Å²) in [4.78, 5) is 165. The first-order chi connectivity index (χ1) is 44.9. The number of ketones is 3. The second-order valence-electron chi connectivity index (χ2n) is 26.3. The molecule has 1 unspecified atom stereocenters. The molecule has 526 valence electrons. The molecule has 1 fully saturated rings. The number of likely N-dealkylation sites (N-methyl/N-ethyl adjacent to an activating group) is 2. The highest BCUT2D eigenvalue weighted by atomic mass is 16.6. The van der Waals surface area contributed by atoms with E-state index < -0.39 is 96.1 Å². The molecular weight excluding hydrogens is 1220 g/mol. The SMILES string of the molecule is CC[C@H](C)[C@@H]([C@@H](CC(=O)C1CCCN1[C@H](OC)[C@@H](C)C(=O)N[C@@H](Cc1ccccc1)C(=O)O)OC)N(C)C(=O)[C@@H](CC(=O)[C@H](C(C)C)N(C)C(=O)OCc1ccc(NC(=O)[C@H](CCCNC(N)=O)CC(=O)[C@@H](NC(=O)CCCCCN2C(=O)C=CC2=O)C(C)C)cc1)C(C)C. The van der Waals surface area contributed by atoms with Gasteiger partial charge >= 0.3 is 18.1 Å². The maximum atomic E-state index is 14.9. The van der Waals surface area contributed by atoms with Crippen LogP contribution in [0.25, 0.3) is 0 Å². The van der Waals surface area contributed by atoms with Crippen molar-refractivity contribution in [2.45, 2.75) is 195 Å². The molecular formula is C70H105N9O16. The number of amides is 9. The number of carboxylic acid groups (broad SMARTS) is 1. The van der Waals surface area contributed by atoms with E-state index >= 15 is 0 Å². The van der Waals surface area contributed by atoms with Crippen LogP contribution in [-0.4, -0.2) is 186 Å². The van der Waals surface area contributed by atoms with Gasteiger partial charge in [-0.05, 0) is 92.4 Å². The lowest BCUT2D eigenvalue weighted by Gasteiger charge is -2.41. The van der Waals surface area contributed by atoms with E-state index in [1.807, 2.05) is 38.7 Å². The van der Waals surface area contributed by atoms with Crippen molar-refractivity contribution in [2.24, 2.45) is 47.2 Å². The number of Topliss-reactive ketones (excluding diaryl/α,β-unsaturated/α-hetero) is 3. The highest BCUT2D eigenvalue weighted by molar-refractivity contribution is 6.12. The molecule has 9 amide bonds. The van der Waals surface area contributed by atoms with Gasteiger partial charge < -0.3 is 56.1 Å². The summed E-state index contributed by atoms with van der Waals surface area (Å²) < 4.78 is 17.7. The van der Waals surface area contributed by atoms with Crippen molar-refractivity contribution in [3.8, 4) is 0 Å². The first kappa shape index (κ1) is 79.5. The van der Waals surface area contributed by atoms with Gasteiger partial charge in [0.05, 0.1) is 36.2 Å². The standard InChI is InChI=1S/C70H105N9O16/c1-14-45(8)63(57(93-12)40-54(80)53-26-22-36-78(53)67(94-13)46(9)64(86)74-52(68(89)90)37-47-23-17-15-18-24-47)76(10)66(88)51(42(2)3)39-56(82)62(44(6)7)77(11)70(92)95-41-48-28-30-50(31-29-48)73-65(87)49(25-21-34-72-69(71)91)38-55(81)61(43(4)5)75-58(83)27-19-16-20-35-79-59(84)32-33-60(79)85/h15,17-18,23-24,28-33,42-46,49,51-53,57,61-63,67H,14,16,19-22,25-27,34-41H2,1-13H3,(H,73,87)(H,74,86)(H,75,83)(H,89,90)(H3,71,72,91)/t45-,46-,49+,51-,52-,53?,57+,61-,62-,63-,67+/m0/s1. The van der Waals surface area contributed by atoms with Crippen molar-refractivity contribution in [3.63, 3.8) is 0 Å². The zero-order valence-corrected chi connectivity index (χ0v) is 57.9. The van der Waals surface area contributed by atoms with Crippen LogP contribution in [0.5, 0.6) is 0 Å². The summed E-state index contributed by atoms with van der Waals surface area (Å²) in [6, 6.07) is 10.4. The molecule has 4 rings (SSSR count). The summed E-state index contributed by atoms with van der Waals surface area (Å²) in [6.45, 7) is 17.1. The number of nitrogens with one attached hydrogen (secondary N) is 4. The van der Waals surface area contributed by atoms with E-state index in [-0.39, 0.29) is 117 Å². The number of anilines is 1. The number of carbonyl (C=O) groups is 12. The second kappa shape index (κ2) is 39.2. The number of nitrogens with zero attached hydrogens (tertiary/aromatic N) is 4. The molecule has 25 heteroatoms. The summed E-state index contributed by atoms with van der Waals surface area (Å²) >= 11 is 0. The number of carbonyl (C=O) groups excluding carboxylic acids is 11. The van der Waals surface area contributed by atoms with Crippen LogP contribution in [0.4, 0.5) is 15.3 Å². The first-order valence-electron chi connectivity index (χ1n) is 33.3. The molecule has 0 bridgehead atoms. The quantitative estimate of drug-likeness (QED) is 0.0293. The average Bonchev–Trinajstić information content (AvgIpc) is 1.81. The molecule has 2 aromatic rings. The fourth-order valence-electron chi connectivity index (χ4n) is 12.6. The third-order valence-electron chi connectivity index (χ3n) is 18.2. The number of benzene rings is 2.